The molecule has 0 aliphatic carbocycles. The maximum Gasteiger partial charge on any atom is 0.523 e. The number of fused-ring (bicyclic) bond motifs is 3. The number of benzene rings is 3. The summed E-state index contributed by atoms with van der Waals surface area (Å²) in [6.07, 6.45) is -5.28. The van der Waals surface area contributed by atoms with E-state index in [1.807, 2.05) is 0 Å². The van der Waals surface area contributed by atoms with Gasteiger partial charge in [-0.3, -0.25) is 9.53 Å². The zero-order valence-electron chi connectivity index (χ0n) is 14.3. The summed E-state index contributed by atoms with van der Waals surface area (Å²) >= 11 is 0. The topological polar surface area (TPSA) is 67.0 Å². The lowest BCUT2D eigenvalue weighted by molar-refractivity contribution is -0.339. The summed E-state index contributed by atoms with van der Waals surface area (Å²) in [5.74, 6) is -0.913. The third-order valence-electron chi connectivity index (χ3n) is 4.26. The van der Waals surface area contributed by atoms with E-state index < -0.39 is 18.4 Å². The highest BCUT2D eigenvalue weighted by atomic mass is 19.4. The minimum absolute atomic E-state index is 0.0909. The lowest BCUT2D eigenvalue weighted by atomic mass is 10.0. The molecule has 0 bridgehead atoms. The number of rotatable bonds is 4. The Balaban J connectivity index is 1.72. The highest BCUT2D eigenvalue weighted by Crippen LogP contribution is 2.32. The summed E-state index contributed by atoms with van der Waals surface area (Å²) in [5.41, 5.74) is 1.98. The Morgan fingerprint density at radius 1 is 1.07 bits per heavy atom. The van der Waals surface area contributed by atoms with Gasteiger partial charge >= 0.3 is 6.36 Å². The minimum atomic E-state index is -4.97. The van der Waals surface area contributed by atoms with Gasteiger partial charge in [0.05, 0.1) is 17.4 Å². The first-order valence-corrected chi connectivity index (χ1v) is 8.37. The molecule has 4 rings (SSSR count). The molecular weight excluding hydrogens is 371 g/mol. The summed E-state index contributed by atoms with van der Waals surface area (Å²) in [4.78, 5) is 19.7. The van der Waals surface area contributed by atoms with Crippen LogP contribution in [0.5, 0.6) is 0 Å². The van der Waals surface area contributed by atoms with Gasteiger partial charge in [-0.1, -0.05) is 36.4 Å². The SMILES string of the molecule is O=C(Nc1ccccc1)C(OC(F)(F)F)c1ccc2c(ccc3[nH]cnc32)c1. The summed E-state index contributed by atoms with van der Waals surface area (Å²) in [7, 11) is 0. The van der Waals surface area contributed by atoms with E-state index in [4.69, 9.17) is 0 Å². The van der Waals surface area contributed by atoms with Crippen molar-refractivity contribution in [2.45, 2.75) is 12.5 Å². The number of aromatic nitrogens is 2. The van der Waals surface area contributed by atoms with E-state index >= 15 is 0 Å². The molecule has 0 saturated carbocycles. The van der Waals surface area contributed by atoms with E-state index in [9.17, 15) is 18.0 Å². The third kappa shape index (κ3) is 3.67. The number of hydrogen-bond acceptors (Lipinski definition) is 3. The van der Waals surface area contributed by atoms with Crippen LogP contribution in [0.4, 0.5) is 18.9 Å². The van der Waals surface area contributed by atoms with E-state index in [2.05, 4.69) is 20.0 Å². The van der Waals surface area contributed by atoms with E-state index in [0.717, 1.165) is 10.9 Å². The standard InChI is InChI=1S/C20H14F3N3O2/c21-20(22,23)28-18(19(27)26-14-4-2-1-3-5-14)13-6-8-15-12(10-13)7-9-16-17(15)25-11-24-16/h1-11,18H,(H,24,25)(H,26,27). The van der Waals surface area contributed by atoms with Crippen molar-refractivity contribution in [2.75, 3.05) is 5.32 Å². The molecule has 0 fully saturated rings. The van der Waals surface area contributed by atoms with E-state index in [-0.39, 0.29) is 5.56 Å². The van der Waals surface area contributed by atoms with Crippen LogP contribution >= 0.6 is 0 Å². The Morgan fingerprint density at radius 3 is 2.61 bits per heavy atom. The van der Waals surface area contributed by atoms with E-state index in [1.54, 1.807) is 54.9 Å². The molecule has 5 nitrogen and oxygen atoms in total. The summed E-state index contributed by atoms with van der Waals surface area (Å²) in [6, 6.07) is 16.3. The first kappa shape index (κ1) is 18.0. The van der Waals surface area contributed by atoms with Gasteiger partial charge in [0.25, 0.3) is 5.91 Å². The number of para-hydroxylation sites is 1. The van der Waals surface area contributed by atoms with Crippen LogP contribution in [0.1, 0.15) is 11.7 Å². The van der Waals surface area contributed by atoms with Crippen molar-refractivity contribution >= 4 is 33.4 Å². The molecule has 0 aliphatic heterocycles. The second kappa shape index (κ2) is 6.97. The number of aromatic amines is 1. The molecule has 0 saturated heterocycles. The molecule has 2 N–H and O–H groups in total. The molecule has 28 heavy (non-hydrogen) atoms. The van der Waals surface area contributed by atoms with Gasteiger partial charge in [-0.25, -0.2) is 4.98 Å². The van der Waals surface area contributed by atoms with Gasteiger partial charge in [-0.2, -0.15) is 0 Å². The van der Waals surface area contributed by atoms with Crippen LogP contribution in [0, 0.1) is 0 Å². The van der Waals surface area contributed by atoms with Gasteiger partial charge in [0.1, 0.15) is 0 Å². The fourth-order valence-corrected chi connectivity index (χ4v) is 3.05. The Morgan fingerprint density at radius 2 is 1.86 bits per heavy atom. The Hall–Kier alpha value is -3.39. The normalized spacial score (nSPS) is 13.0. The molecule has 1 unspecified atom stereocenters. The van der Waals surface area contributed by atoms with Gasteiger partial charge in [0.2, 0.25) is 0 Å². The number of anilines is 1. The summed E-state index contributed by atoms with van der Waals surface area (Å²) < 4.78 is 43.0. The number of hydrogen-bond donors (Lipinski definition) is 2. The highest BCUT2D eigenvalue weighted by molar-refractivity contribution is 6.04. The minimum Gasteiger partial charge on any atom is -0.345 e. The molecule has 0 radical (unpaired) electrons. The number of alkyl halides is 3. The van der Waals surface area contributed by atoms with Crippen molar-refractivity contribution in [3.63, 3.8) is 0 Å². The van der Waals surface area contributed by atoms with Crippen LogP contribution in [0.15, 0.2) is 67.0 Å². The van der Waals surface area contributed by atoms with Crippen molar-refractivity contribution in [1.29, 1.82) is 0 Å². The van der Waals surface area contributed by atoms with Crippen LogP contribution in [-0.4, -0.2) is 22.2 Å². The molecule has 3 aromatic carbocycles. The molecule has 1 aromatic heterocycles. The lowest BCUT2D eigenvalue weighted by Gasteiger charge is -2.20. The average molecular weight is 385 g/mol. The molecule has 1 amide bonds. The number of ether oxygens (including phenoxy) is 1. The van der Waals surface area contributed by atoms with E-state index in [1.165, 1.54) is 12.1 Å². The fourth-order valence-electron chi connectivity index (χ4n) is 3.05. The van der Waals surface area contributed by atoms with Gasteiger partial charge in [0.15, 0.2) is 6.10 Å². The Bertz CT molecular complexity index is 1140. The number of amides is 1. The molecule has 4 aromatic rings. The van der Waals surface area contributed by atoms with Crippen LogP contribution in [0.3, 0.4) is 0 Å². The number of nitrogens with zero attached hydrogens (tertiary/aromatic N) is 1. The number of halogens is 3. The number of H-pyrrole nitrogens is 1. The molecule has 8 heteroatoms. The van der Waals surface area contributed by atoms with Crippen molar-refractivity contribution in [3.05, 3.63) is 72.6 Å². The zero-order valence-corrected chi connectivity index (χ0v) is 14.3. The van der Waals surface area contributed by atoms with Gasteiger partial charge in [-0.15, -0.1) is 13.2 Å². The van der Waals surface area contributed by atoms with Crippen molar-refractivity contribution in [2.24, 2.45) is 0 Å². The number of carbonyl (C=O) groups is 1. The van der Waals surface area contributed by atoms with Crippen LogP contribution in [0.2, 0.25) is 0 Å². The van der Waals surface area contributed by atoms with Crippen LogP contribution in [0.25, 0.3) is 21.8 Å². The van der Waals surface area contributed by atoms with E-state index in [0.29, 0.717) is 16.6 Å². The zero-order chi connectivity index (χ0) is 19.7. The maximum absolute atomic E-state index is 13.0. The summed E-state index contributed by atoms with van der Waals surface area (Å²) in [6.45, 7) is 0. The molecule has 0 aliphatic rings. The summed E-state index contributed by atoms with van der Waals surface area (Å²) in [5, 5.41) is 3.87. The predicted octanol–water partition coefficient (Wildman–Crippen LogP) is 4.93. The average Bonchev–Trinajstić information content (AvgIpc) is 3.15. The van der Waals surface area contributed by atoms with Crippen molar-refractivity contribution in [3.8, 4) is 0 Å². The van der Waals surface area contributed by atoms with Gasteiger partial charge in [-0.05, 0) is 35.2 Å². The monoisotopic (exact) mass is 385 g/mol. The fraction of sp³-hybridized carbons (Fsp3) is 0.100. The van der Waals surface area contributed by atoms with Crippen LogP contribution in [-0.2, 0) is 9.53 Å². The second-order valence-electron chi connectivity index (χ2n) is 6.14. The first-order chi connectivity index (χ1) is 13.4. The largest absolute Gasteiger partial charge is 0.523 e. The molecule has 142 valence electrons. The van der Waals surface area contributed by atoms with Crippen molar-refractivity contribution in [1.82, 2.24) is 9.97 Å². The molecule has 0 spiro atoms. The molecule has 1 heterocycles. The van der Waals surface area contributed by atoms with Crippen LogP contribution < -0.4 is 5.32 Å². The lowest BCUT2D eigenvalue weighted by Crippen LogP contribution is -2.28. The number of carbonyl (C=O) groups excluding carboxylic acids is 1. The first-order valence-electron chi connectivity index (χ1n) is 8.37. The maximum atomic E-state index is 13.0. The second-order valence-corrected chi connectivity index (χ2v) is 6.14. The highest BCUT2D eigenvalue weighted by Gasteiger charge is 2.37. The van der Waals surface area contributed by atoms with Gasteiger partial charge < -0.3 is 10.3 Å². The predicted molar refractivity (Wildman–Crippen MR) is 98.6 cm³/mol. The number of nitrogens with one attached hydrogen (secondary N) is 2. The van der Waals surface area contributed by atoms with Gasteiger partial charge in [0, 0.05) is 11.1 Å². The Kier molecular flexibility index (Phi) is 4.48. The quantitative estimate of drug-likeness (QED) is 0.523. The molecular formula is C20H14F3N3O2. The number of imidazole rings is 1. The third-order valence-corrected chi connectivity index (χ3v) is 4.26. The molecule has 1 atom stereocenters. The smallest absolute Gasteiger partial charge is 0.345 e. The Labute approximate surface area is 157 Å². The van der Waals surface area contributed by atoms with Crippen molar-refractivity contribution < 1.29 is 22.7 Å².